The van der Waals surface area contributed by atoms with Gasteiger partial charge in [0, 0.05) is 31.3 Å². The molecule has 2 amide bonds. The third-order valence-electron chi connectivity index (χ3n) is 6.70. The summed E-state index contributed by atoms with van der Waals surface area (Å²) >= 11 is 0. The van der Waals surface area contributed by atoms with Crippen LogP contribution in [0.4, 0.5) is 23.4 Å². The van der Waals surface area contributed by atoms with Crippen LogP contribution in [0.25, 0.3) is 16.8 Å². The molecule has 36 heavy (non-hydrogen) atoms. The fourth-order valence-corrected chi connectivity index (χ4v) is 4.62. The van der Waals surface area contributed by atoms with Gasteiger partial charge in [-0.1, -0.05) is 0 Å². The third kappa shape index (κ3) is 3.63. The first-order chi connectivity index (χ1) is 16.9. The Hall–Kier alpha value is -3.81. The van der Waals surface area contributed by atoms with Gasteiger partial charge < -0.3 is 20.6 Å². The molecule has 2 aliphatic rings. The van der Waals surface area contributed by atoms with Crippen molar-refractivity contribution >= 4 is 23.1 Å². The van der Waals surface area contributed by atoms with E-state index in [-0.39, 0.29) is 17.9 Å². The maximum absolute atomic E-state index is 14.9. The van der Waals surface area contributed by atoms with Gasteiger partial charge in [-0.25, -0.2) is 13.9 Å². The second kappa shape index (κ2) is 8.11. The zero-order chi connectivity index (χ0) is 26.0. The molecule has 3 unspecified atom stereocenters. The first-order valence-electron chi connectivity index (χ1n) is 11.0. The standard InChI is InChI=1S/C22H21F4N7O3/c1-21(36,22(24,25)26)20(35)31-8-13(23)17(9-31)32-5-4-14-12(19(32)34)6-11(7-28-14)15-2-3-16-18(27)29-10-30-33(15)16/h2-3,6-7,10,13,17,36H,4-5,8-9H2,1H3,(H2,27,29,30). The molecule has 3 N–H and O–H groups in total. The molecule has 3 aromatic heterocycles. The van der Waals surface area contributed by atoms with Gasteiger partial charge in [0.25, 0.3) is 11.8 Å². The quantitative estimate of drug-likeness (QED) is 0.510. The van der Waals surface area contributed by atoms with Gasteiger partial charge in [0.2, 0.25) is 5.60 Å². The van der Waals surface area contributed by atoms with Crippen LogP contribution in [0.2, 0.25) is 0 Å². The van der Waals surface area contributed by atoms with Crippen molar-refractivity contribution in [1.82, 2.24) is 29.4 Å². The number of nitrogens with zero attached hydrogens (tertiary/aromatic N) is 6. The third-order valence-corrected chi connectivity index (χ3v) is 6.70. The number of hydrogen-bond donors (Lipinski definition) is 2. The van der Waals surface area contributed by atoms with Crippen LogP contribution in [0.5, 0.6) is 0 Å². The normalized spacial score (nSPS) is 22.1. The van der Waals surface area contributed by atoms with Crippen molar-refractivity contribution in [1.29, 1.82) is 0 Å². The van der Waals surface area contributed by atoms with Gasteiger partial charge in [-0.3, -0.25) is 14.6 Å². The molecule has 14 heteroatoms. The van der Waals surface area contributed by atoms with Crippen molar-refractivity contribution in [2.45, 2.75) is 37.3 Å². The lowest BCUT2D eigenvalue weighted by molar-refractivity contribution is -0.249. The Morgan fingerprint density at radius 2 is 1.97 bits per heavy atom. The lowest BCUT2D eigenvalue weighted by Crippen LogP contribution is -2.56. The summed E-state index contributed by atoms with van der Waals surface area (Å²) in [5.74, 6) is -1.94. The minimum atomic E-state index is -5.23. The zero-order valence-corrected chi connectivity index (χ0v) is 18.9. The number of anilines is 1. The van der Waals surface area contributed by atoms with E-state index >= 15 is 0 Å². The van der Waals surface area contributed by atoms with Crippen LogP contribution in [-0.2, 0) is 11.2 Å². The number of pyridine rings is 1. The number of alkyl halides is 4. The first-order valence-corrected chi connectivity index (χ1v) is 11.0. The van der Waals surface area contributed by atoms with Crippen LogP contribution >= 0.6 is 0 Å². The molecule has 0 aliphatic carbocycles. The molecule has 3 aromatic rings. The van der Waals surface area contributed by atoms with Crippen LogP contribution < -0.4 is 5.73 Å². The Morgan fingerprint density at radius 3 is 2.69 bits per heavy atom. The van der Waals surface area contributed by atoms with Crippen molar-refractivity contribution < 1.29 is 32.3 Å². The molecule has 0 bridgehead atoms. The minimum absolute atomic E-state index is 0.0821. The molecule has 0 radical (unpaired) electrons. The average Bonchev–Trinajstić information content (AvgIpc) is 3.43. The van der Waals surface area contributed by atoms with Gasteiger partial charge in [-0.15, -0.1) is 0 Å². The van der Waals surface area contributed by atoms with Crippen LogP contribution in [0.15, 0.2) is 30.7 Å². The number of rotatable bonds is 3. The summed E-state index contributed by atoms with van der Waals surface area (Å²) < 4.78 is 55.8. The molecule has 0 spiro atoms. The van der Waals surface area contributed by atoms with Gasteiger partial charge in [-0.2, -0.15) is 18.3 Å². The number of carbonyl (C=O) groups is 2. The number of nitrogens with two attached hydrogens (primary N) is 1. The highest BCUT2D eigenvalue weighted by Gasteiger charge is 2.58. The summed E-state index contributed by atoms with van der Waals surface area (Å²) in [4.78, 5) is 35.8. The van der Waals surface area contributed by atoms with E-state index in [9.17, 15) is 32.3 Å². The van der Waals surface area contributed by atoms with E-state index in [1.54, 1.807) is 28.9 Å². The fourth-order valence-electron chi connectivity index (χ4n) is 4.62. The van der Waals surface area contributed by atoms with Crippen molar-refractivity contribution in [3.05, 3.63) is 42.0 Å². The van der Waals surface area contributed by atoms with Gasteiger partial charge in [0.15, 0.2) is 5.82 Å². The van der Waals surface area contributed by atoms with Crippen LogP contribution in [0, 0.1) is 0 Å². The molecule has 0 aromatic carbocycles. The molecule has 190 valence electrons. The summed E-state index contributed by atoms with van der Waals surface area (Å²) in [6.07, 6.45) is -3.85. The molecular weight excluding hydrogens is 486 g/mol. The molecule has 1 fully saturated rings. The van der Waals surface area contributed by atoms with Crippen molar-refractivity contribution in [3.8, 4) is 11.3 Å². The summed E-state index contributed by atoms with van der Waals surface area (Å²) in [7, 11) is 0. The Balaban J connectivity index is 1.41. The second-order valence-corrected chi connectivity index (χ2v) is 8.99. The Morgan fingerprint density at radius 1 is 1.22 bits per heavy atom. The number of halogens is 4. The maximum Gasteiger partial charge on any atom is 0.426 e. The van der Waals surface area contributed by atoms with E-state index in [4.69, 9.17) is 5.73 Å². The predicted molar refractivity (Wildman–Crippen MR) is 117 cm³/mol. The Bertz CT molecular complexity index is 1370. The van der Waals surface area contributed by atoms with Gasteiger partial charge in [0.1, 0.15) is 18.0 Å². The Kier molecular flexibility index (Phi) is 5.39. The highest BCUT2D eigenvalue weighted by molar-refractivity contribution is 5.98. The maximum atomic E-state index is 14.9. The molecule has 5 heterocycles. The molecule has 1 saturated heterocycles. The minimum Gasteiger partial charge on any atom is -0.382 e. The number of carbonyl (C=O) groups excluding carboxylic acids is 2. The smallest absolute Gasteiger partial charge is 0.382 e. The summed E-state index contributed by atoms with van der Waals surface area (Å²) in [5.41, 5.74) is 4.62. The van der Waals surface area contributed by atoms with Crippen molar-refractivity contribution in [2.24, 2.45) is 0 Å². The number of likely N-dealkylation sites (tertiary alicyclic amines) is 1. The topological polar surface area (TPSA) is 130 Å². The van der Waals surface area contributed by atoms with Gasteiger partial charge in [-0.05, 0) is 25.1 Å². The van der Waals surface area contributed by atoms with Crippen LogP contribution in [-0.4, -0.2) is 89.9 Å². The molecule has 5 rings (SSSR count). The second-order valence-electron chi connectivity index (χ2n) is 8.99. The van der Waals surface area contributed by atoms with E-state index in [1.165, 1.54) is 11.2 Å². The summed E-state index contributed by atoms with van der Waals surface area (Å²) in [6.45, 7) is -0.726. The van der Waals surface area contributed by atoms with E-state index in [2.05, 4.69) is 15.1 Å². The van der Waals surface area contributed by atoms with E-state index < -0.39 is 48.9 Å². The highest BCUT2D eigenvalue weighted by Crippen LogP contribution is 2.34. The molecule has 0 saturated carbocycles. The number of amides is 2. The van der Waals surface area contributed by atoms with E-state index in [0.29, 0.717) is 40.7 Å². The SMILES string of the molecule is CC(O)(C(=O)N1CC(F)C(N2CCc3ncc(-c4ccc5c(N)ncnn45)cc3C2=O)C1)C(F)(F)F. The fraction of sp³-hybridized carbons (Fsp3) is 0.409. The molecule has 10 nitrogen and oxygen atoms in total. The van der Waals surface area contributed by atoms with E-state index in [0.717, 1.165) is 0 Å². The van der Waals surface area contributed by atoms with Crippen molar-refractivity contribution in [2.75, 3.05) is 25.4 Å². The van der Waals surface area contributed by atoms with Gasteiger partial charge >= 0.3 is 6.18 Å². The molecule has 3 atom stereocenters. The highest BCUT2D eigenvalue weighted by atomic mass is 19.4. The molecule has 2 aliphatic heterocycles. The first kappa shape index (κ1) is 23.9. The average molecular weight is 507 g/mol. The number of aromatic nitrogens is 4. The largest absolute Gasteiger partial charge is 0.426 e. The lowest BCUT2D eigenvalue weighted by Gasteiger charge is -2.34. The summed E-state index contributed by atoms with van der Waals surface area (Å²) in [6, 6.07) is 3.88. The predicted octanol–water partition coefficient (Wildman–Crippen LogP) is 1.23. The summed E-state index contributed by atoms with van der Waals surface area (Å²) in [5, 5.41) is 13.9. The van der Waals surface area contributed by atoms with Gasteiger partial charge in [0.05, 0.1) is 29.5 Å². The van der Waals surface area contributed by atoms with Crippen molar-refractivity contribution in [3.63, 3.8) is 0 Å². The molecular formula is C22H21F4N7O3. The number of aliphatic hydroxyl groups is 1. The number of nitrogen functional groups attached to an aromatic ring is 1. The lowest BCUT2D eigenvalue weighted by atomic mass is 9.99. The van der Waals surface area contributed by atoms with Crippen LogP contribution in [0.3, 0.4) is 0 Å². The van der Waals surface area contributed by atoms with E-state index in [1.807, 2.05) is 0 Å². The number of fused-ring (bicyclic) bond motifs is 2. The monoisotopic (exact) mass is 507 g/mol. The number of hydrogen-bond acceptors (Lipinski definition) is 7. The Labute approximate surface area is 201 Å². The zero-order valence-electron chi connectivity index (χ0n) is 18.9. The van der Waals surface area contributed by atoms with Crippen LogP contribution in [0.1, 0.15) is 23.0 Å².